The Kier molecular flexibility index (Phi) is 2.83. The van der Waals surface area contributed by atoms with Gasteiger partial charge in [0, 0.05) is 12.0 Å². The third-order valence-electron chi connectivity index (χ3n) is 3.21. The number of nitrogens with two attached hydrogens (primary N) is 1. The van der Waals surface area contributed by atoms with Crippen LogP contribution in [0.25, 0.3) is 10.9 Å². The Bertz CT molecular complexity index is 582. The van der Waals surface area contributed by atoms with Crippen LogP contribution in [0.15, 0.2) is 18.2 Å². The highest BCUT2D eigenvalue weighted by Gasteiger charge is 2.21. The van der Waals surface area contributed by atoms with Crippen molar-refractivity contribution in [3.63, 3.8) is 0 Å². The topological polar surface area (TPSA) is 61.0 Å². The van der Waals surface area contributed by atoms with Crippen molar-refractivity contribution in [1.82, 2.24) is 9.97 Å². The molecule has 1 saturated heterocycles. The van der Waals surface area contributed by atoms with Crippen molar-refractivity contribution in [2.45, 2.75) is 25.4 Å². The molecule has 1 fully saturated rings. The average Bonchev–Trinajstić information content (AvgIpc) is 2.40. The molecule has 94 valence electrons. The molecule has 1 aromatic carbocycles. The molecule has 2 N–H and O–H groups in total. The highest BCUT2D eigenvalue weighted by atomic mass is 19.1. The van der Waals surface area contributed by atoms with Crippen molar-refractivity contribution >= 4 is 16.9 Å². The van der Waals surface area contributed by atoms with E-state index in [4.69, 9.17) is 10.5 Å². The number of fused-ring (bicyclic) bond motifs is 1. The van der Waals surface area contributed by atoms with E-state index in [9.17, 15) is 4.39 Å². The van der Waals surface area contributed by atoms with Gasteiger partial charge >= 0.3 is 0 Å². The lowest BCUT2D eigenvalue weighted by Gasteiger charge is -2.23. The second-order valence-corrected chi connectivity index (χ2v) is 4.46. The molecule has 0 amide bonds. The minimum Gasteiger partial charge on any atom is -0.372 e. The number of nitrogen functional groups attached to an aromatic ring is 1. The number of anilines is 1. The number of para-hydroxylation sites is 1. The zero-order valence-corrected chi connectivity index (χ0v) is 9.90. The molecule has 0 saturated carbocycles. The van der Waals surface area contributed by atoms with Gasteiger partial charge in [-0.05, 0) is 25.3 Å². The van der Waals surface area contributed by atoms with E-state index < -0.39 is 0 Å². The van der Waals surface area contributed by atoms with Crippen molar-refractivity contribution in [1.29, 1.82) is 0 Å². The van der Waals surface area contributed by atoms with Crippen LogP contribution >= 0.6 is 0 Å². The molecule has 1 aliphatic rings. The van der Waals surface area contributed by atoms with Crippen LogP contribution in [0, 0.1) is 5.82 Å². The summed E-state index contributed by atoms with van der Waals surface area (Å²) in [5.41, 5.74) is 6.63. The molecular weight excluding hydrogens is 233 g/mol. The van der Waals surface area contributed by atoms with Gasteiger partial charge in [0.2, 0.25) is 5.95 Å². The molecular formula is C13H14FN3O. The quantitative estimate of drug-likeness (QED) is 0.841. The summed E-state index contributed by atoms with van der Waals surface area (Å²) in [6.07, 6.45) is 2.94. The Hall–Kier alpha value is -1.75. The van der Waals surface area contributed by atoms with Gasteiger partial charge in [-0.15, -0.1) is 0 Å². The predicted octanol–water partition coefficient (Wildman–Crippen LogP) is 2.59. The molecule has 18 heavy (non-hydrogen) atoms. The first kappa shape index (κ1) is 11.3. The summed E-state index contributed by atoms with van der Waals surface area (Å²) in [6.45, 7) is 0.714. The van der Waals surface area contributed by atoms with Crippen LogP contribution in [0.4, 0.5) is 10.3 Å². The highest BCUT2D eigenvalue weighted by Crippen LogP contribution is 2.32. The number of halogens is 1. The molecule has 0 radical (unpaired) electrons. The van der Waals surface area contributed by atoms with Gasteiger partial charge in [0.1, 0.15) is 17.4 Å². The molecule has 1 unspecified atom stereocenters. The minimum atomic E-state index is -0.376. The van der Waals surface area contributed by atoms with E-state index >= 15 is 0 Å². The first-order chi connectivity index (χ1) is 8.75. The van der Waals surface area contributed by atoms with Crippen LogP contribution in [0.2, 0.25) is 0 Å². The number of ether oxygens (including phenoxy) is 1. The summed E-state index contributed by atoms with van der Waals surface area (Å²) >= 11 is 0. The molecule has 0 aliphatic carbocycles. The summed E-state index contributed by atoms with van der Waals surface area (Å²) in [6, 6.07) is 4.84. The van der Waals surface area contributed by atoms with Gasteiger partial charge in [-0.1, -0.05) is 12.1 Å². The van der Waals surface area contributed by atoms with Gasteiger partial charge in [-0.2, -0.15) is 0 Å². The smallest absolute Gasteiger partial charge is 0.221 e. The number of nitrogens with zero attached hydrogens (tertiary/aromatic N) is 2. The van der Waals surface area contributed by atoms with Crippen LogP contribution in [0.1, 0.15) is 31.1 Å². The fraction of sp³-hybridized carbons (Fsp3) is 0.385. The Morgan fingerprint density at radius 2 is 2.17 bits per heavy atom. The van der Waals surface area contributed by atoms with Crippen LogP contribution in [0.3, 0.4) is 0 Å². The van der Waals surface area contributed by atoms with Gasteiger partial charge in [0.15, 0.2) is 0 Å². The predicted molar refractivity (Wildman–Crippen MR) is 66.5 cm³/mol. The lowest BCUT2D eigenvalue weighted by molar-refractivity contribution is 0.0133. The third-order valence-corrected chi connectivity index (χ3v) is 3.21. The fourth-order valence-electron chi connectivity index (χ4n) is 2.36. The van der Waals surface area contributed by atoms with Crippen molar-refractivity contribution in [3.05, 3.63) is 29.7 Å². The molecule has 1 aliphatic heterocycles. The van der Waals surface area contributed by atoms with Gasteiger partial charge in [0.05, 0.1) is 5.69 Å². The maximum atomic E-state index is 13.7. The number of aromatic nitrogens is 2. The van der Waals surface area contributed by atoms with Crippen molar-refractivity contribution < 1.29 is 9.13 Å². The lowest BCUT2D eigenvalue weighted by Crippen LogP contribution is -2.14. The number of benzene rings is 1. The van der Waals surface area contributed by atoms with E-state index in [2.05, 4.69) is 9.97 Å². The van der Waals surface area contributed by atoms with Crippen molar-refractivity contribution in [2.24, 2.45) is 0 Å². The number of hydrogen-bond acceptors (Lipinski definition) is 4. The van der Waals surface area contributed by atoms with Crippen molar-refractivity contribution in [2.75, 3.05) is 12.3 Å². The maximum Gasteiger partial charge on any atom is 0.221 e. The summed E-state index contributed by atoms with van der Waals surface area (Å²) in [7, 11) is 0. The first-order valence-corrected chi connectivity index (χ1v) is 6.09. The van der Waals surface area contributed by atoms with Crippen LogP contribution in [-0.2, 0) is 4.74 Å². The van der Waals surface area contributed by atoms with E-state index in [0.29, 0.717) is 17.7 Å². The van der Waals surface area contributed by atoms with E-state index in [1.807, 2.05) is 6.07 Å². The van der Waals surface area contributed by atoms with E-state index in [0.717, 1.165) is 19.3 Å². The summed E-state index contributed by atoms with van der Waals surface area (Å²) in [5.74, 6) is -0.282. The Morgan fingerprint density at radius 1 is 1.28 bits per heavy atom. The molecule has 0 spiro atoms. The Morgan fingerprint density at radius 3 is 2.94 bits per heavy atom. The standard InChI is InChI=1S/C13H14FN3O/c14-9-5-3-4-8-11(9)16-13(15)17-12(8)10-6-1-2-7-18-10/h3-5,10H,1-2,6-7H2,(H2,15,16,17). The fourth-order valence-corrected chi connectivity index (χ4v) is 2.36. The minimum absolute atomic E-state index is 0.0942. The van der Waals surface area contributed by atoms with Crippen LogP contribution < -0.4 is 5.73 Å². The number of rotatable bonds is 1. The molecule has 1 atom stereocenters. The number of hydrogen-bond donors (Lipinski definition) is 1. The summed E-state index contributed by atoms with van der Waals surface area (Å²) in [5, 5.41) is 0.691. The SMILES string of the molecule is Nc1nc(C2CCCCO2)c2cccc(F)c2n1. The van der Waals surface area contributed by atoms with Crippen molar-refractivity contribution in [3.8, 4) is 0 Å². The molecule has 0 bridgehead atoms. The second-order valence-electron chi connectivity index (χ2n) is 4.46. The highest BCUT2D eigenvalue weighted by molar-refractivity contribution is 5.82. The first-order valence-electron chi connectivity index (χ1n) is 6.09. The zero-order chi connectivity index (χ0) is 12.5. The normalized spacial score (nSPS) is 20.2. The second kappa shape index (κ2) is 4.49. The lowest BCUT2D eigenvalue weighted by atomic mass is 10.0. The van der Waals surface area contributed by atoms with Crippen LogP contribution in [-0.4, -0.2) is 16.6 Å². The molecule has 4 nitrogen and oxygen atoms in total. The van der Waals surface area contributed by atoms with Gasteiger partial charge in [-0.25, -0.2) is 14.4 Å². The monoisotopic (exact) mass is 247 g/mol. The molecule has 2 aromatic rings. The summed E-state index contributed by atoms with van der Waals surface area (Å²) < 4.78 is 19.4. The van der Waals surface area contributed by atoms with Gasteiger partial charge in [0.25, 0.3) is 0 Å². The maximum absolute atomic E-state index is 13.7. The van der Waals surface area contributed by atoms with E-state index in [1.54, 1.807) is 6.07 Å². The molecule has 3 rings (SSSR count). The van der Waals surface area contributed by atoms with Gasteiger partial charge in [-0.3, -0.25) is 0 Å². The largest absolute Gasteiger partial charge is 0.372 e. The average molecular weight is 247 g/mol. The Balaban J connectivity index is 2.18. The Labute approximate surface area is 104 Å². The van der Waals surface area contributed by atoms with E-state index in [-0.39, 0.29) is 23.4 Å². The molecule has 1 aromatic heterocycles. The zero-order valence-electron chi connectivity index (χ0n) is 9.90. The summed E-state index contributed by atoms with van der Waals surface area (Å²) in [4.78, 5) is 8.21. The van der Waals surface area contributed by atoms with E-state index in [1.165, 1.54) is 6.07 Å². The molecule has 2 heterocycles. The van der Waals surface area contributed by atoms with Gasteiger partial charge < -0.3 is 10.5 Å². The van der Waals surface area contributed by atoms with Crippen LogP contribution in [0.5, 0.6) is 0 Å². The molecule has 5 heteroatoms. The third kappa shape index (κ3) is 1.90.